The summed E-state index contributed by atoms with van der Waals surface area (Å²) in [5.74, 6) is -0.116. The number of nitrogens with one attached hydrogen (secondary N) is 1. The lowest BCUT2D eigenvalue weighted by molar-refractivity contribution is -0.119. The van der Waals surface area contributed by atoms with Gasteiger partial charge in [-0.25, -0.2) is 0 Å². The monoisotopic (exact) mass is 324 g/mol. The van der Waals surface area contributed by atoms with E-state index in [4.69, 9.17) is 0 Å². The fourth-order valence-electron chi connectivity index (χ4n) is 2.77. The fraction of sp³-hybridized carbons (Fsp3) is 0.333. The van der Waals surface area contributed by atoms with Crippen molar-refractivity contribution in [2.24, 2.45) is 0 Å². The SMILES string of the molecule is CN(CCc1cnccn1)C(=O)c1ccc2c(c1)C(C)(C)C(=O)N2. The molecule has 1 aliphatic rings. The van der Waals surface area contributed by atoms with Gasteiger partial charge in [-0.15, -0.1) is 0 Å². The summed E-state index contributed by atoms with van der Waals surface area (Å²) in [6.45, 7) is 4.27. The van der Waals surface area contributed by atoms with Crippen LogP contribution in [0.5, 0.6) is 0 Å². The van der Waals surface area contributed by atoms with Gasteiger partial charge in [0.2, 0.25) is 5.91 Å². The van der Waals surface area contributed by atoms with Crippen molar-refractivity contribution in [3.05, 3.63) is 53.6 Å². The van der Waals surface area contributed by atoms with Crippen molar-refractivity contribution in [2.45, 2.75) is 25.7 Å². The average molecular weight is 324 g/mol. The Morgan fingerprint density at radius 3 is 2.79 bits per heavy atom. The van der Waals surface area contributed by atoms with Crippen LogP contribution in [-0.2, 0) is 16.6 Å². The molecule has 1 aromatic heterocycles. The zero-order chi connectivity index (χ0) is 17.3. The zero-order valence-corrected chi connectivity index (χ0v) is 14.0. The van der Waals surface area contributed by atoms with Crippen LogP contribution in [0.3, 0.4) is 0 Å². The molecule has 6 nitrogen and oxygen atoms in total. The number of carbonyl (C=O) groups excluding carboxylic acids is 2. The van der Waals surface area contributed by atoms with E-state index in [1.165, 1.54) is 0 Å². The van der Waals surface area contributed by atoms with Gasteiger partial charge in [0.1, 0.15) is 0 Å². The summed E-state index contributed by atoms with van der Waals surface area (Å²) < 4.78 is 0. The molecule has 2 heterocycles. The average Bonchev–Trinajstić information content (AvgIpc) is 2.82. The van der Waals surface area contributed by atoms with Gasteiger partial charge in [-0.05, 0) is 37.6 Å². The number of aromatic nitrogens is 2. The van der Waals surface area contributed by atoms with Gasteiger partial charge in [-0.3, -0.25) is 19.6 Å². The first-order valence-corrected chi connectivity index (χ1v) is 7.86. The van der Waals surface area contributed by atoms with Gasteiger partial charge in [0.05, 0.1) is 11.1 Å². The minimum absolute atomic E-state index is 0.0434. The van der Waals surface area contributed by atoms with Crippen LogP contribution in [0.15, 0.2) is 36.8 Å². The lowest BCUT2D eigenvalue weighted by atomic mass is 9.85. The maximum absolute atomic E-state index is 12.6. The Morgan fingerprint density at radius 1 is 1.29 bits per heavy atom. The van der Waals surface area contributed by atoms with E-state index in [9.17, 15) is 9.59 Å². The van der Waals surface area contributed by atoms with Gasteiger partial charge in [0.25, 0.3) is 5.91 Å². The molecule has 0 atom stereocenters. The smallest absolute Gasteiger partial charge is 0.253 e. The van der Waals surface area contributed by atoms with Gasteiger partial charge < -0.3 is 10.2 Å². The highest BCUT2D eigenvalue weighted by Crippen LogP contribution is 2.37. The normalized spacial score (nSPS) is 14.9. The number of fused-ring (bicyclic) bond motifs is 1. The van der Waals surface area contributed by atoms with Gasteiger partial charge >= 0.3 is 0 Å². The molecular formula is C18H20N4O2. The standard InChI is InChI=1S/C18H20N4O2/c1-18(2)14-10-12(4-5-15(14)21-17(18)24)16(23)22(3)9-6-13-11-19-7-8-20-13/h4-5,7-8,10-11H,6,9H2,1-3H3,(H,21,24). The molecule has 0 radical (unpaired) electrons. The molecule has 124 valence electrons. The third-order valence-electron chi connectivity index (χ3n) is 4.42. The van der Waals surface area contributed by atoms with Crippen molar-refractivity contribution in [2.75, 3.05) is 18.9 Å². The minimum atomic E-state index is -0.621. The first kappa shape index (κ1) is 16.1. The number of carbonyl (C=O) groups is 2. The lowest BCUT2D eigenvalue weighted by Gasteiger charge is -2.19. The highest BCUT2D eigenvalue weighted by molar-refractivity contribution is 6.07. The number of benzene rings is 1. The summed E-state index contributed by atoms with van der Waals surface area (Å²) in [6.07, 6.45) is 5.61. The predicted octanol–water partition coefficient (Wildman–Crippen LogP) is 2.02. The zero-order valence-electron chi connectivity index (χ0n) is 14.0. The maximum atomic E-state index is 12.6. The van der Waals surface area contributed by atoms with Crippen LogP contribution in [0, 0.1) is 0 Å². The molecule has 0 saturated heterocycles. The van der Waals surface area contributed by atoms with E-state index in [1.54, 1.807) is 42.7 Å². The molecule has 2 amide bonds. The van der Waals surface area contributed by atoms with Gasteiger partial charge in [-0.1, -0.05) is 0 Å². The van der Waals surface area contributed by atoms with Crippen LogP contribution in [0.1, 0.15) is 35.5 Å². The summed E-state index contributed by atoms with van der Waals surface area (Å²) in [5, 5.41) is 2.85. The van der Waals surface area contributed by atoms with Crippen molar-refractivity contribution >= 4 is 17.5 Å². The van der Waals surface area contributed by atoms with Crippen molar-refractivity contribution in [1.82, 2.24) is 14.9 Å². The van der Waals surface area contributed by atoms with Crippen LogP contribution in [-0.4, -0.2) is 40.3 Å². The second kappa shape index (κ2) is 6.03. The Bertz CT molecular complexity index is 787. The fourth-order valence-corrected chi connectivity index (χ4v) is 2.77. The maximum Gasteiger partial charge on any atom is 0.253 e. The number of anilines is 1. The van der Waals surface area contributed by atoms with E-state index in [2.05, 4.69) is 15.3 Å². The second-order valence-corrected chi connectivity index (χ2v) is 6.51. The Hall–Kier alpha value is -2.76. The Morgan fingerprint density at radius 2 is 2.08 bits per heavy atom. The van der Waals surface area contributed by atoms with Gasteiger partial charge in [-0.2, -0.15) is 0 Å². The van der Waals surface area contributed by atoms with E-state index < -0.39 is 5.41 Å². The third-order valence-corrected chi connectivity index (χ3v) is 4.42. The van der Waals surface area contributed by atoms with Crippen LogP contribution in [0.4, 0.5) is 5.69 Å². The van der Waals surface area contributed by atoms with E-state index in [0.717, 1.165) is 16.9 Å². The Balaban J connectivity index is 1.74. The largest absolute Gasteiger partial charge is 0.341 e. The molecule has 0 fully saturated rings. The molecule has 6 heteroatoms. The van der Waals surface area contributed by atoms with Crippen molar-refractivity contribution in [3.63, 3.8) is 0 Å². The van der Waals surface area contributed by atoms with Gasteiger partial charge in [0, 0.05) is 49.9 Å². The van der Waals surface area contributed by atoms with E-state index in [1.807, 2.05) is 19.9 Å². The number of likely N-dealkylation sites (N-methyl/N-ethyl adjacent to an activating group) is 1. The summed E-state index contributed by atoms with van der Waals surface area (Å²) in [6, 6.07) is 5.36. The van der Waals surface area contributed by atoms with E-state index in [0.29, 0.717) is 18.5 Å². The van der Waals surface area contributed by atoms with Gasteiger partial charge in [0.15, 0.2) is 0 Å². The van der Waals surface area contributed by atoms with Crippen LogP contribution in [0.2, 0.25) is 0 Å². The molecule has 0 spiro atoms. The molecule has 0 bridgehead atoms. The highest BCUT2D eigenvalue weighted by atomic mass is 16.2. The summed E-state index contributed by atoms with van der Waals surface area (Å²) in [5.41, 5.74) is 2.45. The quantitative estimate of drug-likeness (QED) is 0.933. The molecule has 0 unspecified atom stereocenters. The van der Waals surface area contributed by atoms with Crippen LogP contribution in [0.25, 0.3) is 0 Å². The number of nitrogens with zero attached hydrogens (tertiary/aromatic N) is 3. The molecule has 1 aliphatic heterocycles. The van der Waals surface area contributed by atoms with Crippen molar-refractivity contribution in [1.29, 1.82) is 0 Å². The first-order chi connectivity index (χ1) is 11.4. The molecular weight excluding hydrogens is 304 g/mol. The summed E-state index contributed by atoms with van der Waals surface area (Å²) in [4.78, 5) is 34.5. The van der Waals surface area contributed by atoms with Crippen molar-refractivity contribution in [3.8, 4) is 0 Å². The predicted molar refractivity (Wildman–Crippen MR) is 90.8 cm³/mol. The molecule has 0 aliphatic carbocycles. The molecule has 3 rings (SSSR count). The first-order valence-electron chi connectivity index (χ1n) is 7.86. The number of rotatable bonds is 4. The van der Waals surface area contributed by atoms with Crippen molar-refractivity contribution < 1.29 is 9.59 Å². The molecule has 2 aromatic rings. The molecule has 1 aromatic carbocycles. The Kier molecular flexibility index (Phi) is 4.05. The minimum Gasteiger partial charge on any atom is -0.341 e. The van der Waals surface area contributed by atoms with E-state index >= 15 is 0 Å². The van der Waals surface area contributed by atoms with E-state index in [-0.39, 0.29) is 11.8 Å². The number of hydrogen-bond acceptors (Lipinski definition) is 4. The Labute approximate surface area is 140 Å². The topological polar surface area (TPSA) is 75.2 Å². The highest BCUT2D eigenvalue weighted by Gasteiger charge is 2.38. The van der Waals surface area contributed by atoms with Crippen LogP contribution >= 0.6 is 0 Å². The number of hydrogen-bond donors (Lipinski definition) is 1. The molecule has 0 saturated carbocycles. The third kappa shape index (κ3) is 2.87. The summed E-state index contributed by atoms with van der Waals surface area (Å²) >= 11 is 0. The summed E-state index contributed by atoms with van der Waals surface area (Å²) in [7, 11) is 1.76. The molecule has 24 heavy (non-hydrogen) atoms. The second-order valence-electron chi connectivity index (χ2n) is 6.51. The van der Waals surface area contributed by atoms with Crippen LogP contribution < -0.4 is 5.32 Å². The number of amides is 2. The molecule has 1 N–H and O–H groups in total. The lowest BCUT2D eigenvalue weighted by Crippen LogP contribution is -2.30.